The molecule has 0 atom stereocenters. The first-order valence-corrected chi connectivity index (χ1v) is 8.20. The van der Waals surface area contributed by atoms with Crippen molar-refractivity contribution in [3.05, 3.63) is 22.7 Å². The van der Waals surface area contributed by atoms with E-state index < -0.39 is 7.60 Å². The molecule has 3 N–H and O–H groups in total. The molecule has 5 nitrogen and oxygen atoms in total. The van der Waals surface area contributed by atoms with Gasteiger partial charge in [0, 0.05) is 4.47 Å². The summed E-state index contributed by atoms with van der Waals surface area (Å²) in [6, 6.07) is 5.42. The molecule has 0 amide bonds. The van der Waals surface area contributed by atoms with Crippen molar-refractivity contribution in [2.75, 3.05) is 30.6 Å². The van der Waals surface area contributed by atoms with E-state index in [1.54, 1.807) is 19.9 Å². The van der Waals surface area contributed by atoms with Gasteiger partial charge in [-0.2, -0.15) is 0 Å². The van der Waals surface area contributed by atoms with Gasteiger partial charge in [-0.05, 0) is 32.0 Å². The highest BCUT2D eigenvalue weighted by Crippen LogP contribution is 2.47. The van der Waals surface area contributed by atoms with Crippen LogP contribution in [0.25, 0.3) is 0 Å². The van der Waals surface area contributed by atoms with Crippen molar-refractivity contribution in [1.82, 2.24) is 0 Å². The van der Waals surface area contributed by atoms with Crippen molar-refractivity contribution in [3.8, 4) is 0 Å². The predicted octanol–water partition coefficient (Wildman–Crippen LogP) is 3.67. The Hall–Kier alpha value is -0.550. The van der Waals surface area contributed by atoms with Crippen LogP contribution in [0.4, 0.5) is 11.4 Å². The summed E-state index contributed by atoms with van der Waals surface area (Å²) in [6.07, 6.45) is 0.0926. The Morgan fingerprint density at radius 1 is 1.33 bits per heavy atom. The second kappa shape index (κ2) is 7.14. The summed E-state index contributed by atoms with van der Waals surface area (Å²) in [5, 5.41) is 3.00. The number of hydrogen-bond donors (Lipinski definition) is 2. The van der Waals surface area contributed by atoms with Gasteiger partial charge in [0.2, 0.25) is 0 Å². The Balaban J connectivity index is 2.72. The van der Waals surface area contributed by atoms with Gasteiger partial charge in [-0.25, -0.2) is 0 Å². The van der Waals surface area contributed by atoms with Crippen LogP contribution in [-0.2, 0) is 13.6 Å². The van der Waals surface area contributed by atoms with Crippen molar-refractivity contribution in [3.63, 3.8) is 0 Å². The van der Waals surface area contributed by atoms with Gasteiger partial charge in [-0.1, -0.05) is 15.9 Å². The Labute approximate surface area is 116 Å². The maximum atomic E-state index is 12.2. The van der Waals surface area contributed by atoms with E-state index in [2.05, 4.69) is 21.2 Å². The minimum Gasteiger partial charge on any atom is -0.397 e. The maximum absolute atomic E-state index is 12.2. The molecule has 102 valence electrons. The Bertz CT molecular complexity index is 432. The lowest BCUT2D eigenvalue weighted by Crippen LogP contribution is -2.09. The number of nitrogens with one attached hydrogen (secondary N) is 1. The van der Waals surface area contributed by atoms with E-state index in [0.29, 0.717) is 24.6 Å². The molecular formula is C11H18BrN2O3P. The lowest BCUT2D eigenvalue weighted by molar-refractivity contribution is 0.221. The molecular weight excluding hydrogens is 319 g/mol. The molecule has 7 heteroatoms. The SMILES string of the molecule is CCOP(=O)(CNc1cc(Br)ccc1N)OCC. The predicted molar refractivity (Wildman–Crippen MR) is 77.9 cm³/mol. The van der Waals surface area contributed by atoms with Crippen LogP contribution in [0.3, 0.4) is 0 Å². The molecule has 0 aliphatic heterocycles. The monoisotopic (exact) mass is 336 g/mol. The normalized spacial score (nSPS) is 11.5. The van der Waals surface area contributed by atoms with E-state index in [9.17, 15) is 4.57 Å². The minimum atomic E-state index is -3.10. The highest BCUT2D eigenvalue weighted by atomic mass is 79.9. The van der Waals surface area contributed by atoms with Gasteiger partial charge in [0.15, 0.2) is 0 Å². The number of halogens is 1. The van der Waals surface area contributed by atoms with E-state index in [4.69, 9.17) is 14.8 Å². The fourth-order valence-electron chi connectivity index (χ4n) is 1.39. The molecule has 1 aromatic carbocycles. The quantitative estimate of drug-likeness (QED) is 0.587. The molecule has 0 aliphatic carbocycles. The fourth-order valence-corrected chi connectivity index (χ4v) is 3.15. The van der Waals surface area contributed by atoms with Gasteiger partial charge in [-0.3, -0.25) is 4.57 Å². The number of hydrogen-bond acceptors (Lipinski definition) is 5. The van der Waals surface area contributed by atoms with Crippen LogP contribution in [0.1, 0.15) is 13.8 Å². The summed E-state index contributed by atoms with van der Waals surface area (Å²) in [6.45, 7) is 4.23. The van der Waals surface area contributed by atoms with Crippen LogP contribution >= 0.6 is 23.5 Å². The Kier molecular flexibility index (Phi) is 6.15. The highest BCUT2D eigenvalue weighted by Gasteiger charge is 2.23. The molecule has 0 saturated carbocycles. The summed E-state index contributed by atoms with van der Waals surface area (Å²) in [5.74, 6) is 0. The zero-order valence-electron chi connectivity index (χ0n) is 10.5. The van der Waals surface area contributed by atoms with Gasteiger partial charge in [0.05, 0.1) is 24.6 Å². The first kappa shape index (κ1) is 15.5. The zero-order chi connectivity index (χ0) is 13.6. The minimum absolute atomic E-state index is 0.0926. The summed E-state index contributed by atoms with van der Waals surface area (Å²) >= 11 is 3.35. The number of rotatable bonds is 7. The molecule has 0 aliphatic rings. The average molecular weight is 337 g/mol. The van der Waals surface area contributed by atoms with E-state index in [1.165, 1.54) is 0 Å². The number of anilines is 2. The number of nitrogens with two attached hydrogens (primary N) is 1. The second-order valence-corrected chi connectivity index (χ2v) is 6.48. The van der Waals surface area contributed by atoms with Crippen LogP contribution in [0, 0.1) is 0 Å². The van der Waals surface area contributed by atoms with E-state index in [1.807, 2.05) is 12.1 Å². The molecule has 0 saturated heterocycles. The molecule has 0 fully saturated rings. The lowest BCUT2D eigenvalue weighted by Gasteiger charge is -2.18. The number of benzene rings is 1. The van der Waals surface area contributed by atoms with Gasteiger partial charge in [0.25, 0.3) is 0 Å². The molecule has 0 unspecified atom stereocenters. The third kappa shape index (κ3) is 4.61. The van der Waals surface area contributed by atoms with Crippen molar-refractivity contribution in [1.29, 1.82) is 0 Å². The highest BCUT2D eigenvalue weighted by molar-refractivity contribution is 9.10. The first-order valence-electron chi connectivity index (χ1n) is 5.67. The molecule has 0 spiro atoms. The van der Waals surface area contributed by atoms with Crippen molar-refractivity contribution in [2.24, 2.45) is 0 Å². The summed E-state index contributed by atoms with van der Waals surface area (Å²) in [5.41, 5.74) is 7.09. The van der Waals surface area contributed by atoms with E-state index in [-0.39, 0.29) is 6.29 Å². The van der Waals surface area contributed by atoms with Crippen molar-refractivity contribution >= 4 is 34.9 Å². The molecule has 0 heterocycles. The van der Waals surface area contributed by atoms with Gasteiger partial charge < -0.3 is 20.1 Å². The molecule has 1 rings (SSSR count). The van der Waals surface area contributed by atoms with Gasteiger partial charge in [0.1, 0.15) is 6.29 Å². The molecule has 0 bridgehead atoms. The first-order chi connectivity index (χ1) is 8.50. The molecule has 1 aromatic rings. The number of nitrogen functional groups attached to an aromatic ring is 1. The van der Waals surface area contributed by atoms with E-state index in [0.717, 1.165) is 4.47 Å². The Morgan fingerprint density at radius 3 is 2.50 bits per heavy atom. The zero-order valence-corrected chi connectivity index (χ0v) is 13.0. The second-order valence-electron chi connectivity index (χ2n) is 3.51. The lowest BCUT2D eigenvalue weighted by atomic mass is 10.3. The molecule has 0 aromatic heterocycles. The van der Waals surface area contributed by atoms with E-state index >= 15 is 0 Å². The summed E-state index contributed by atoms with van der Waals surface area (Å²) in [4.78, 5) is 0. The Morgan fingerprint density at radius 2 is 1.94 bits per heavy atom. The third-order valence-corrected chi connectivity index (χ3v) is 4.47. The molecule has 18 heavy (non-hydrogen) atoms. The van der Waals surface area contributed by atoms with Crippen LogP contribution in [0.2, 0.25) is 0 Å². The van der Waals surface area contributed by atoms with Crippen molar-refractivity contribution in [2.45, 2.75) is 13.8 Å². The fraction of sp³-hybridized carbons (Fsp3) is 0.455. The van der Waals surface area contributed by atoms with Crippen LogP contribution in [0.5, 0.6) is 0 Å². The van der Waals surface area contributed by atoms with Crippen molar-refractivity contribution < 1.29 is 13.6 Å². The topological polar surface area (TPSA) is 73.6 Å². The smallest absolute Gasteiger partial charge is 0.349 e. The maximum Gasteiger partial charge on any atom is 0.349 e. The third-order valence-electron chi connectivity index (χ3n) is 2.13. The van der Waals surface area contributed by atoms with Crippen LogP contribution in [0.15, 0.2) is 22.7 Å². The van der Waals surface area contributed by atoms with Gasteiger partial charge in [-0.15, -0.1) is 0 Å². The van der Waals surface area contributed by atoms with Crippen LogP contribution < -0.4 is 11.1 Å². The summed E-state index contributed by atoms with van der Waals surface area (Å²) in [7, 11) is -3.10. The van der Waals surface area contributed by atoms with Crippen LogP contribution in [-0.4, -0.2) is 19.5 Å². The standard InChI is InChI=1S/C11H18BrN2O3P/c1-3-16-18(15,17-4-2)8-14-11-7-9(12)5-6-10(11)13/h5-7,14H,3-4,8,13H2,1-2H3. The summed E-state index contributed by atoms with van der Waals surface area (Å²) < 4.78 is 23.5. The molecule has 0 radical (unpaired) electrons. The van der Waals surface area contributed by atoms with Gasteiger partial charge >= 0.3 is 7.60 Å². The average Bonchev–Trinajstić information content (AvgIpc) is 2.31. The largest absolute Gasteiger partial charge is 0.397 e.